The second kappa shape index (κ2) is 5.53. The highest BCUT2D eigenvalue weighted by atomic mass is 16.5. The molecule has 1 rings (SSSR count). The molecule has 0 saturated carbocycles. The summed E-state index contributed by atoms with van der Waals surface area (Å²) in [6.07, 6.45) is 4.30. The van der Waals surface area contributed by atoms with Crippen molar-refractivity contribution in [2.24, 2.45) is 0 Å². The minimum Gasteiger partial charge on any atom is -0.464 e. The third kappa shape index (κ3) is 2.74. The Bertz CT molecular complexity index is 302. The van der Waals surface area contributed by atoms with Crippen molar-refractivity contribution in [3.63, 3.8) is 0 Å². The fourth-order valence-corrected chi connectivity index (χ4v) is 1.59. The van der Waals surface area contributed by atoms with Crippen molar-refractivity contribution in [1.82, 2.24) is 9.80 Å². The van der Waals surface area contributed by atoms with Gasteiger partial charge < -0.3 is 14.5 Å². The van der Waals surface area contributed by atoms with Crippen LogP contribution in [0.4, 0.5) is 4.79 Å². The highest BCUT2D eigenvalue weighted by Crippen LogP contribution is 2.11. The number of esters is 1. The lowest BCUT2D eigenvalue weighted by atomic mass is 10.1. The lowest BCUT2D eigenvalue weighted by molar-refractivity contribution is -0.148. The van der Waals surface area contributed by atoms with E-state index in [1.54, 1.807) is 25.9 Å². The first kappa shape index (κ1) is 12.5. The number of nitrogens with zero attached hydrogens (tertiary/aromatic N) is 2. The third-order valence-electron chi connectivity index (χ3n) is 2.56. The Hall–Kier alpha value is -1.52. The molecule has 0 aliphatic carbocycles. The summed E-state index contributed by atoms with van der Waals surface area (Å²) >= 11 is 0. The van der Waals surface area contributed by atoms with Gasteiger partial charge in [0.15, 0.2) is 0 Å². The Balaban J connectivity index is 2.81. The lowest BCUT2D eigenvalue weighted by Crippen LogP contribution is -2.49. The highest BCUT2D eigenvalue weighted by molar-refractivity contribution is 5.83. The molecular weight excluding hydrogens is 208 g/mol. The van der Waals surface area contributed by atoms with E-state index in [4.69, 9.17) is 4.74 Å². The summed E-state index contributed by atoms with van der Waals surface area (Å²) in [5.74, 6) is -0.349. The van der Waals surface area contributed by atoms with Gasteiger partial charge in [-0.25, -0.2) is 9.59 Å². The second-order valence-corrected chi connectivity index (χ2v) is 3.75. The van der Waals surface area contributed by atoms with Gasteiger partial charge in [0.1, 0.15) is 6.04 Å². The van der Waals surface area contributed by atoms with Crippen LogP contribution in [0.3, 0.4) is 0 Å². The van der Waals surface area contributed by atoms with Gasteiger partial charge in [0.2, 0.25) is 0 Å². The quantitative estimate of drug-likeness (QED) is 0.518. The van der Waals surface area contributed by atoms with Gasteiger partial charge in [-0.2, -0.15) is 0 Å². The Morgan fingerprint density at radius 2 is 2.19 bits per heavy atom. The molecule has 0 aromatic rings. The second-order valence-electron chi connectivity index (χ2n) is 3.75. The molecule has 0 N–H and O–H groups in total. The molecule has 0 aromatic heterocycles. The van der Waals surface area contributed by atoms with Gasteiger partial charge in [0.05, 0.1) is 6.61 Å². The van der Waals surface area contributed by atoms with Crippen molar-refractivity contribution in [2.45, 2.75) is 19.4 Å². The fourth-order valence-electron chi connectivity index (χ4n) is 1.59. The lowest BCUT2D eigenvalue weighted by Gasteiger charge is -2.31. The van der Waals surface area contributed by atoms with Crippen molar-refractivity contribution in [3.8, 4) is 0 Å². The molecule has 0 spiro atoms. The molecule has 0 bridgehead atoms. The van der Waals surface area contributed by atoms with E-state index in [1.807, 2.05) is 12.2 Å². The SMILES string of the molecule is CCOC(=O)C1C/C=C\CN(C)C(=O)N1C. The number of amides is 2. The standard InChI is InChI=1S/C11H18N2O3/c1-4-16-10(14)9-7-5-6-8-12(2)11(15)13(9)3/h5-6,9H,4,7-8H2,1-3H3/b6-5-. The van der Waals surface area contributed by atoms with E-state index < -0.39 is 6.04 Å². The summed E-state index contributed by atoms with van der Waals surface area (Å²) in [5.41, 5.74) is 0. The molecule has 90 valence electrons. The maximum Gasteiger partial charge on any atom is 0.329 e. The Kier molecular flexibility index (Phi) is 4.34. The normalized spacial score (nSPS) is 23.7. The number of carbonyl (C=O) groups excluding carboxylic acids is 2. The topological polar surface area (TPSA) is 49.9 Å². The molecule has 0 radical (unpaired) electrons. The number of urea groups is 1. The predicted octanol–water partition coefficient (Wildman–Crippen LogP) is 0.862. The number of rotatable bonds is 2. The first-order valence-electron chi connectivity index (χ1n) is 5.37. The molecule has 1 aliphatic rings. The molecule has 0 aromatic carbocycles. The van der Waals surface area contributed by atoms with Crippen LogP contribution in [0.2, 0.25) is 0 Å². The van der Waals surface area contributed by atoms with Crippen molar-refractivity contribution in [3.05, 3.63) is 12.2 Å². The number of ether oxygens (including phenoxy) is 1. The molecule has 0 fully saturated rings. The maximum atomic E-state index is 11.8. The van der Waals surface area contributed by atoms with Crippen LogP contribution in [0, 0.1) is 0 Å². The van der Waals surface area contributed by atoms with E-state index in [9.17, 15) is 9.59 Å². The predicted molar refractivity (Wildman–Crippen MR) is 60.0 cm³/mol. The first-order chi connectivity index (χ1) is 7.57. The average Bonchev–Trinajstić information content (AvgIpc) is 2.26. The Labute approximate surface area is 95.6 Å². The van der Waals surface area contributed by atoms with Crippen LogP contribution in [-0.4, -0.2) is 55.1 Å². The summed E-state index contributed by atoms with van der Waals surface area (Å²) in [4.78, 5) is 26.5. The Morgan fingerprint density at radius 1 is 1.50 bits per heavy atom. The summed E-state index contributed by atoms with van der Waals surface area (Å²) in [5, 5.41) is 0. The van der Waals surface area contributed by atoms with E-state index in [0.29, 0.717) is 19.6 Å². The van der Waals surface area contributed by atoms with E-state index in [-0.39, 0.29) is 12.0 Å². The van der Waals surface area contributed by atoms with Crippen LogP contribution in [0.25, 0.3) is 0 Å². The molecular formula is C11H18N2O3. The van der Waals surface area contributed by atoms with Crippen molar-refractivity contribution < 1.29 is 14.3 Å². The molecule has 1 heterocycles. The zero-order valence-corrected chi connectivity index (χ0v) is 9.97. The first-order valence-corrected chi connectivity index (χ1v) is 5.37. The van der Waals surface area contributed by atoms with E-state index in [0.717, 1.165) is 0 Å². The monoisotopic (exact) mass is 226 g/mol. The van der Waals surface area contributed by atoms with Crippen molar-refractivity contribution >= 4 is 12.0 Å². The summed E-state index contributed by atoms with van der Waals surface area (Å²) in [6, 6.07) is -0.686. The molecule has 0 saturated heterocycles. The molecule has 1 unspecified atom stereocenters. The van der Waals surface area contributed by atoms with Gasteiger partial charge in [0.25, 0.3) is 0 Å². The molecule has 5 nitrogen and oxygen atoms in total. The van der Waals surface area contributed by atoms with E-state index in [2.05, 4.69) is 0 Å². The van der Waals surface area contributed by atoms with E-state index in [1.165, 1.54) is 4.90 Å². The van der Waals surface area contributed by atoms with Crippen LogP contribution in [0.1, 0.15) is 13.3 Å². The number of likely N-dealkylation sites (N-methyl/N-ethyl adjacent to an activating group) is 2. The van der Waals surface area contributed by atoms with Gasteiger partial charge in [-0.15, -0.1) is 0 Å². The van der Waals surface area contributed by atoms with E-state index >= 15 is 0 Å². The van der Waals surface area contributed by atoms with Crippen LogP contribution in [0.15, 0.2) is 12.2 Å². The van der Waals surface area contributed by atoms with Gasteiger partial charge in [-0.05, 0) is 13.3 Å². The van der Waals surface area contributed by atoms with Gasteiger partial charge >= 0.3 is 12.0 Å². The minimum atomic E-state index is -0.522. The minimum absolute atomic E-state index is 0.164. The number of carbonyl (C=O) groups is 2. The average molecular weight is 226 g/mol. The molecule has 5 heteroatoms. The summed E-state index contributed by atoms with van der Waals surface area (Å²) < 4.78 is 4.95. The Morgan fingerprint density at radius 3 is 2.81 bits per heavy atom. The molecule has 1 atom stereocenters. The fraction of sp³-hybridized carbons (Fsp3) is 0.636. The van der Waals surface area contributed by atoms with Crippen molar-refractivity contribution in [2.75, 3.05) is 27.2 Å². The van der Waals surface area contributed by atoms with Gasteiger partial charge in [-0.1, -0.05) is 12.2 Å². The van der Waals surface area contributed by atoms with Crippen LogP contribution >= 0.6 is 0 Å². The van der Waals surface area contributed by atoms with Crippen LogP contribution in [-0.2, 0) is 9.53 Å². The van der Waals surface area contributed by atoms with Crippen LogP contribution < -0.4 is 0 Å². The number of hydrogen-bond donors (Lipinski definition) is 0. The molecule has 1 aliphatic heterocycles. The summed E-state index contributed by atoms with van der Waals surface area (Å²) in [6.45, 7) is 2.65. The van der Waals surface area contributed by atoms with Gasteiger partial charge in [0, 0.05) is 20.6 Å². The molecule has 16 heavy (non-hydrogen) atoms. The smallest absolute Gasteiger partial charge is 0.329 e. The molecule has 2 amide bonds. The van der Waals surface area contributed by atoms with Crippen LogP contribution in [0.5, 0.6) is 0 Å². The zero-order chi connectivity index (χ0) is 12.1. The summed E-state index contributed by atoms with van der Waals surface area (Å²) in [7, 11) is 3.33. The van der Waals surface area contributed by atoms with Gasteiger partial charge in [-0.3, -0.25) is 0 Å². The third-order valence-corrected chi connectivity index (χ3v) is 2.56. The zero-order valence-electron chi connectivity index (χ0n) is 9.97. The largest absolute Gasteiger partial charge is 0.464 e. The maximum absolute atomic E-state index is 11.8. The van der Waals surface area contributed by atoms with Crippen molar-refractivity contribution in [1.29, 1.82) is 0 Å². The highest BCUT2D eigenvalue weighted by Gasteiger charge is 2.29. The number of hydrogen-bond acceptors (Lipinski definition) is 3.